The van der Waals surface area contributed by atoms with E-state index in [1.165, 1.54) is 5.54 Å². The topological polar surface area (TPSA) is 25.2 Å². The van der Waals surface area contributed by atoms with E-state index >= 15 is 0 Å². The molecule has 2 aromatic rings. The van der Waals surface area contributed by atoms with Crippen molar-refractivity contribution < 1.29 is 5.11 Å². The van der Waals surface area contributed by atoms with Gasteiger partial charge < -0.3 is 9.67 Å². The number of nitrogens with zero attached hydrogens (tertiary/aromatic N) is 1. The van der Waals surface area contributed by atoms with E-state index in [1.54, 1.807) is 0 Å². The molecule has 3 heteroatoms. The van der Waals surface area contributed by atoms with Crippen LogP contribution in [-0.2, 0) is 13.2 Å². The number of allylic oxidation sites excluding steroid dienone is 1. The number of hydrogen-bond acceptors (Lipinski definition) is 1. The van der Waals surface area contributed by atoms with Gasteiger partial charge in [-0.2, -0.15) is 0 Å². The zero-order valence-corrected chi connectivity index (χ0v) is 8.98. The molecule has 0 atom stereocenters. The smallest absolute Gasteiger partial charge is 0.0702 e. The predicted octanol–water partition coefficient (Wildman–Crippen LogP) is 2.89. The second-order valence-corrected chi connectivity index (χ2v) is 3.60. The Balaban J connectivity index is 2.54. The number of halogens is 1. The maximum absolute atomic E-state index is 9.22. The minimum Gasteiger partial charge on any atom is -0.392 e. The van der Waals surface area contributed by atoms with Gasteiger partial charge in [0.15, 0.2) is 0 Å². The molecule has 0 aliphatic heterocycles. The van der Waals surface area contributed by atoms with Gasteiger partial charge in [0.2, 0.25) is 0 Å². The molecule has 1 N–H and O–H groups in total. The highest BCUT2D eigenvalue weighted by molar-refractivity contribution is 6.25. The average Bonchev–Trinajstić information content (AvgIpc) is 2.65. The number of benzene rings is 1. The fourth-order valence-corrected chi connectivity index (χ4v) is 1.83. The first kappa shape index (κ1) is 10.3. The number of para-hydroxylation sites is 1. The maximum atomic E-state index is 9.22. The first-order valence-corrected chi connectivity index (χ1v) is 5.23. The van der Waals surface area contributed by atoms with Crippen molar-refractivity contribution in [3.63, 3.8) is 0 Å². The molecule has 0 saturated carbocycles. The van der Waals surface area contributed by atoms with Crippen LogP contribution in [0.3, 0.4) is 0 Å². The Labute approximate surface area is 93.4 Å². The van der Waals surface area contributed by atoms with Crippen LogP contribution in [0.4, 0.5) is 0 Å². The van der Waals surface area contributed by atoms with E-state index in [-0.39, 0.29) is 6.61 Å². The summed E-state index contributed by atoms with van der Waals surface area (Å²) in [7, 11) is 0. The summed E-state index contributed by atoms with van der Waals surface area (Å²) < 4.78 is 2.07. The molecule has 0 unspecified atom stereocenters. The van der Waals surface area contributed by atoms with Gasteiger partial charge in [-0.1, -0.05) is 35.9 Å². The number of fused-ring (bicyclic) bond motifs is 1. The summed E-state index contributed by atoms with van der Waals surface area (Å²) in [6.45, 7) is 0.794. The van der Waals surface area contributed by atoms with E-state index in [1.807, 2.05) is 36.5 Å². The Morgan fingerprint density at radius 3 is 2.87 bits per heavy atom. The lowest BCUT2D eigenvalue weighted by atomic mass is 10.2. The van der Waals surface area contributed by atoms with Crippen LogP contribution in [0.1, 0.15) is 5.56 Å². The zero-order chi connectivity index (χ0) is 10.7. The minimum atomic E-state index is 0.0676. The molecule has 0 bridgehead atoms. The number of aromatic nitrogens is 1. The molecule has 2 rings (SSSR count). The van der Waals surface area contributed by atoms with E-state index < -0.39 is 0 Å². The van der Waals surface area contributed by atoms with Crippen LogP contribution >= 0.6 is 11.6 Å². The molecule has 1 aromatic carbocycles. The Kier molecular flexibility index (Phi) is 3.09. The summed E-state index contributed by atoms with van der Waals surface area (Å²) >= 11 is 5.50. The van der Waals surface area contributed by atoms with Crippen molar-refractivity contribution in [2.75, 3.05) is 0 Å². The summed E-state index contributed by atoms with van der Waals surface area (Å²) in [6, 6.07) is 8.02. The standard InChI is InChI=1S/C12H12ClNO/c13-6-3-7-14-8-10(9-15)11-4-1-2-5-12(11)14/h1-6,8,15H,7,9H2. The van der Waals surface area contributed by atoms with Crippen LogP contribution in [-0.4, -0.2) is 9.67 Å². The van der Waals surface area contributed by atoms with Gasteiger partial charge in [0, 0.05) is 34.7 Å². The summed E-state index contributed by atoms with van der Waals surface area (Å²) in [5.74, 6) is 0. The Morgan fingerprint density at radius 2 is 2.13 bits per heavy atom. The highest BCUT2D eigenvalue weighted by atomic mass is 35.5. The van der Waals surface area contributed by atoms with Gasteiger partial charge >= 0.3 is 0 Å². The van der Waals surface area contributed by atoms with Gasteiger partial charge in [0.05, 0.1) is 6.61 Å². The lowest BCUT2D eigenvalue weighted by Crippen LogP contribution is -1.91. The summed E-state index contributed by atoms with van der Waals surface area (Å²) in [6.07, 6.45) is 3.83. The Morgan fingerprint density at radius 1 is 1.33 bits per heavy atom. The van der Waals surface area contributed by atoms with Crippen molar-refractivity contribution in [3.05, 3.63) is 47.6 Å². The van der Waals surface area contributed by atoms with Crippen molar-refractivity contribution in [1.82, 2.24) is 4.57 Å². The van der Waals surface area contributed by atoms with Crippen molar-refractivity contribution in [1.29, 1.82) is 0 Å². The lowest BCUT2D eigenvalue weighted by molar-refractivity contribution is 0.283. The number of hydrogen-bond donors (Lipinski definition) is 1. The summed E-state index contributed by atoms with van der Waals surface area (Å²) in [5, 5.41) is 10.3. The van der Waals surface area contributed by atoms with Crippen LogP contribution in [0.5, 0.6) is 0 Å². The molecule has 0 amide bonds. The number of aliphatic hydroxyl groups excluding tert-OH is 1. The Bertz CT molecular complexity index is 487. The van der Waals surface area contributed by atoms with E-state index in [2.05, 4.69) is 4.57 Å². The van der Waals surface area contributed by atoms with Gasteiger partial charge in [0.25, 0.3) is 0 Å². The summed E-state index contributed by atoms with van der Waals surface area (Å²) in [4.78, 5) is 0. The molecular weight excluding hydrogens is 210 g/mol. The van der Waals surface area contributed by atoms with Crippen LogP contribution in [0.25, 0.3) is 10.9 Å². The van der Waals surface area contributed by atoms with E-state index in [0.717, 1.165) is 23.0 Å². The quantitative estimate of drug-likeness (QED) is 0.847. The number of aliphatic hydroxyl groups is 1. The van der Waals surface area contributed by atoms with Gasteiger partial charge in [-0.3, -0.25) is 0 Å². The fraction of sp³-hybridized carbons (Fsp3) is 0.167. The van der Waals surface area contributed by atoms with Crippen LogP contribution in [0.15, 0.2) is 42.1 Å². The molecule has 0 aliphatic carbocycles. The maximum Gasteiger partial charge on any atom is 0.0702 e. The normalized spacial score (nSPS) is 11.6. The molecule has 0 radical (unpaired) electrons. The highest BCUT2D eigenvalue weighted by Gasteiger charge is 2.05. The second-order valence-electron chi connectivity index (χ2n) is 3.34. The van der Waals surface area contributed by atoms with Gasteiger partial charge in [-0.25, -0.2) is 0 Å². The first-order valence-electron chi connectivity index (χ1n) is 4.79. The van der Waals surface area contributed by atoms with Crippen molar-refractivity contribution in [2.45, 2.75) is 13.2 Å². The van der Waals surface area contributed by atoms with Crippen molar-refractivity contribution >= 4 is 22.5 Å². The van der Waals surface area contributed by atoms with Crippen LogP contribution in [0, 0.1) is 0 Å². The molecule has 0 spiro atoms. The third-order valence-electron chi connectivity index (χ3n) is 2.43. The molecule has 15 heavy (non-hydrogen) atoms. The zero-order valence-electron chi connectivity index (χ0n) is 8.23. The predicted molar refractivity (Wildman–Crippen MR) is 62.9 cm³/mol. The lowest BCUT2D eigenvalue weighted by Gasteiger charge is -1.99. The van der Waals surface area contributed by atoms with Crippen molar-refractivity contribution in [2.24, 2.45) is 0 Å². The minimum absolute atomic E-state index is 0.0676. The van der Waals surface area contributed by atoms with Gasteiger partial charge in [0.1, 0.15) is 0 Å². The molecule has 0 saturated heterocycles. The SMILES string of the molecule is OCc1cn(CC=CCl)c2ccccc12. The molecule has 2 nitrogen and oxygen atoms in total. The monoisotopic (exact) mass is 221 g/mol. The third kappa shape index (κ3) is 1.91. The van der Waals surface area contributed by atoms with Crippen molar-refractivity contribution in [3.8, 4) is 0 Å². The highest BCUT2D eigenvalue weighted by Crippen LogP contribution is 2.21. The molecule has 1 heterocycles. The third-order valence-corrected chi connectivity index (χ3v) is 2.61. The van der Waals surface area contributed by atoms with Crippen LogP contribution < -0.4 is 0 Å². The van der Waals surface area contributed by atoms with E-state index in [4.69, 9.17) is 11.6 Å². The van der Waals surface area contributed by atoms with E-state index in [9.17, 15) is 5.11 Å². The molecule has 1 aromatic heterocycles. The first-order chi connectivity index (χ1) is 7.36. The van der Waals surface area contributed by atoms with Crippen LogP contribution in [0.2, 0.25) is 0 Å². The van der Waals surface area contributed by atoms with E-state index in [0.29, 0.717) is 0 Å². The fourth-order valence-electron chi connectivity index (χ4n) is 1.75. The van der Waals surface area contributed by atoms with Gasteiger partial charge in [-0.05, 0) is 6.07 Å². The second kappa shape index (κ2) is 4.51. The number of rotatable bonds is 3. The Hall–Kier alpha value is -1.25. The molecule has 0 aliphatic rings. The largest absolute Gasteiger partial charge is 0.392 e. The van der Waals surface area contributed by atoms with Gasteiger partial charge in [-0.15, -0.1) is 0 Å². The summed E-state index contributed by atoms with van der Waals surface area (Å²) in [5.41, 5.74) is 3.58. The molecular formula is C12H12ClNO. The average molecular weight is 222 g/mol. The molecule has 0 fully saturated rings. The molecule has 78 valence electrons.